The Bertz CT molecular complexity index is 785. The maximum Gasteiger partial charge on any atom is 0.211 e. The molecule has 0 spiro atoms. The molecule has 0 bridgehead atoms. The average Bonchev–Trinajstić information content (AvgIpc) is 2.85. The molecular weight excluding hydrogens is 503 g/mol. The lowest BCUT2D eigenvalue weighted by atomic mass is 9.98. The largest absolute Gasteiger partial charge is 0.357 e. The zero-order chi connectivity index (χ0) is 20.9. The highest BCUT2D eigenvalue weighted by molar-refractivity contribution is 14.0. The molecule has 10 heteroatoms. The van der Waals surface area contributed by atoms with E-state index in [0.717, 1.165) is 37.5 Å². The number of aliphatic imine (C=N–C) groups is 1. The standard InChI is InChI=1S/C19H36N6O2S.HI/c1-7-20-19(21-13-17-8-10-25(11-9-17)28(6,26)27)22-14(2)12-18-15(3)23-24(5)16(18)4;/h14,17H,7-13H2,1-6H3,(H2,20,21,22);1H. The molecule has 29 heavy (non-hydrogen) atoms. The molecule has 2 heterocycles. The lowest BCUT2D eigenvalue weighted by Gasteiger charge is -2.29. The van der Waals surface area contributed by atoms with E-state index in [2.05, 4.69) is 43.4 Å². The number of nitrogens with zero attached hydrogens (tertiary/aromatic N) is 4. The summed E-state index contributed by atoms with van der Waals surface area (Å²) in [5, 5.41) is 11.3. The Morgan fingerprint density at radius 3 is 2.41 bits per heavy atom. The highest BCUT2D eigenvalue weighted by atomic mass is 127. The Balaban J connectivity index is 0.00000420. The normalized spacial score (nSPS) is 17.7. The van der Waals surface area contributed by atoms with Gasteiger partial charge in [0.2, 0.25) is 10.0 Å². The fourth-order valence-electron chi connectivity index (χ4n) is 3.67. The molecular formula is C19H37IN6O2S. The van der Waals surface area contributed by atoms with E-state index in [9.17, 15) is 8.42 Å². The van der Waals surface area contributed by atoms with Gasteiger partial charge in [-0.25, -0.2) is 12.7 Å². The van der Waals surface area contributed by atoms with Gasteiger partial charge in [-0.1, -0.05) is 0 Å². The number of sulfonamides is 1. The Kier molecular flexibility index (Phi) is 10.4. The molecule has 1 unspecified atom stereocenters. The SMILES string of the molecule is CCNC(=NCC1CCN(S(C)(=O)=O)CC1)NC(C)Cc1c(C)nn(C)c1C.I. The number of hydrogen-bond donors (Lipinski definition) is 2. The highest BCUT2D eigenvalue weighted by Crippen LogP contribution is 2.19. The van der Waals surface area contributed by atoms with Crippen molar-refractivity contribution in [2.75, 3.05) is 32.4 Å². The fraction of sp³-hybridized carbons (Fsp3) is 0.789. The molecule has 0 aromatic carbocycles. The number of aryl methyl sites for hydroxylation is 2. The second kappa shape index (κ2) is 11.5. The Morgan fingerprint density at radius 2 is 1.93 bits per heavy atom. The predicted molar refractivity (Wildman–Crippen MR) is 130 cm³/mol. The molecule has 1 aliphatic rings. The monoisotopic (exact) mass is 540 g/mol. The summed E-state index contributed by atoms with van der Waals surface area (Å²) in [5.41, 5.74) is 3.56. The molecule has 2 rings (SSSR count). The topological polar surface area (TPSA) is 91.6 Å². The van der Waals surface area contributed by atoms with Crippen LogP contribution in [0.25, 0.3) is 0 Å². The third-order valence-electron chi connectivity index (χ3n) is 5.45. The molecule has 1 aromatic rings. The van der Waals surface area contributed by atoms with Gasteiger partial charge in [0.25, 0.3) is 0 Å². The molecule has 2 N–H and O–H groups in total. The van der Waals surface area contributed by atoms with Gasteiger partial charge < -0.3 is 10.6 Å². The summed E-state index contributed by atoms with van der Waals surface area (Å²) in [6.07, 6.45) is 3.90. The number of piperidine rings is 1. The number of rotatable bonds is 7. The molecule has 1 aromatic heterocycles. The van der Waals surface area contributed by atoms with Crippen molar-refractivity contribution in [2.24, 2.45) is 18.0 Å². The summed E-state index contributed by atoms with van der Waals surface area (Å²) < 4.78 is 26.8. The Hall–Kier alpha value is -0.880. The summed E-state index contributed by atoms with van der Waals surface area (Å²) >= 11 is 0. The van der Waals surface area contributed by atoms with Crippen LogP contribution in [0.1, 0.15) is 43.6 Å². The van der Waals surface area contributed by atoms with Crippen LogP contribution in [0.4, 0.5) is 0 Å². The number of nitrogens with one attached hydrogen (secondary N) is 2. The van der Waals surface area contributed by atoms with Crippen LogP contribution in [0.3, 0.4) is 0 Å². The predicted octanol–water partition coefficient (Wildman–Crippen LogP) is 1.81. The number of aromatic nitrogens is 2. The van der Waals surface area contributed by atoms with Gasteiger partial charge in [-0.15, -0.1) is 24.0 Å². The second-order valence-corrected chi connectivity index (χ2v) is 9.83. The van der Waals surface area contributed by atoms with E-state index in [4.69, 9.17) is 4.99 Å². The first-order valence-corrected chi connectivity index (χ1v) is 12.0. The van der Waals surface area contributed by atoms with E-state index in [-0.39, 0.29) is 30.0 Å². The van der Waals surface area contributed by atoms with Gasteiger partial charge in [0, 0.05) is 45.0 Å². The van der Waals surface area contributed by atoms with E-state index >= 15 is 0 Å². The maximum atomic E-state index is 11.6. The van der Waals surface area contributed by atoms with Crippen LogP contribution in [-0.4, -0.2) is 66.9 Å². The Labute approximate surface area is 193 Å². The number of halogens is 1. The van der Waals surface area contributed by atoms with Gasteiger partial charge in [0.05, 0.1) is 11.9 Å². The van der Waals surface area contributed by atoms with Gasteiger partial charge in [-0.05, 0) is 58.4 Å². The first-order valence-electron chi connectivity index (χ1n) is 10.1. The summed E-state index contributed by atoms with van der Waals surface area (Å²) in [7, 11) is -1.10. The molecule has 1 saturated heterocycles. The summed E-state index contributed by atoms with van der Waals surface area (Å²) in [6.45, 7) is 11.1. The zero-order valence-electron chi connectivity index (χ0n) is 18.5. The molecule has 1 aliphatic heterocycles. The van der Waals surface area contributed by atoms with E-state index in [1.165, 1.54) is 17.5 Å². The van der Waals surface area contributed by atoms with Crippen LogP contribution in [0, 0.1) is 19.8 Å². The molecule has 168 valence electrons. The van der Waals surface area contributed by atoms with Crippen molar-refractivity contribution in [1.29, 1.82) is 0 Å². The highest BCUT2D eigenvalue weighted by Gasteiger charge is 2.24. The summed E-state index contributed by atoms with van der Waals surface area (Å²) in [6, 6.07) is 0.228. The van der Waals surface area contributed by atoms with Crippen molar-refractivity contribution in [3.63, 3.8) is 0 Å². The minimum Gasteiger partial charge on any atom is -0.357 e. The van der Waals surface area contributed by atoms with E-state index < -0.39 is 10.0 Å². The van der Waals surface area contributed by atoms with Crippen molar-refractivity contribution in [2.45, 2.75) is 53.0 Å². The van der Waals surface area contributed by atoms with Crippen LogP contribution >= 0.6 is 24.0 Å². The van der Waals surface area contributed by atoms with Gasteiger partial charge >= 0.3 is 0 Å². The smallest absolute Gasteiger partial charge is 0.211 e. The molecule has 1 atom stereocenters. The van der Waals surface area contributed by atoms with Crippen molar-refractivity contribution < 1.29 is 8.42 Å². The maximum absolute atomic E-state index is 11.6. The Morgan fingerprint density at radius 1 is 1.31 bits per heavy atom. The van der Waals surface area contributed by atoms with Crippen LogP contribution in [0.2, 0.25) is 0 Å². The molecule has 0 aliphatic carbocycles. The average molecular weight is 541 g/mol. The van der Waals surface area contributed by atoms with Gasteiger partial charge in [-0.2, -0.15) is 5.10 Å². The minimum absolute atomic E-state index is 0. The fourth-order valence-corrected chi connectivity index (χ4v) is 4.54. The minimum atomic E-state index is -3.07. The van der Waals surface area contributed by atoms with E-state index in [1.54, 1.807) is 4.31 Å². The van der Waals surface area contributed by atoms with Crippen LogP contribution in [0.5, 0.6) is 0 Å². The van der Waals surface area contributed by atoms with E-state index in [1.807, 2.05) is 11.7 Å². The van der Waals surface area contributed by atoms with Gasteiger partial charge in [0.1, 0.15) is 0 Å². The molecule has 1 fully saturated rings. The molecule has 8 nitrogen and oxygen atoms in total. The zero-order valence-corrected chi connectivity index (χ0v) is 21.7. The van der Waals surface area contributed by atoms with E-state index in [0.29, 0.717) is 25.6 Å². The van der Waals surface area contributed by atoms with Crippen LogP contribution in [0.15, 0.2) is 4.99 Å². The second-order valence-electron chi connectivity index (χ2n) is 7.85. The lowest BCUT2D eigenvalue weighted by Crippen LogP contribution is -2.44. The summed E-state index contributed by atoms with van der Waals surface area (Å²) in [5.74, 6) is 1.24. The summed E-state index contributed by atoms with van der Waals surface area (Å²) in [4.78, 5) is 4.76. The number of hydrogen-bond acceptors (Lipinski definition) is 4. The molecule has 0 amide bonds. The van der Waals surface area contributed by atoms with Crippen LogP contribution in [-0.2, 0) is 23.5 Å². The quantitative estimate of drug-likeness (QED) is 0.313. The van der Waals surface area contributed by atoms with Crippen molar-refractivity contribution in [1.82, 2.24) is 24.7 Å². The first kappa shape index (κ1) is 26.2. The third-order valence-corrected chi connectivity index (χ3v) is 6.75. The molecule has 0 saturated carbocycles. The first-order chi connectivity index (χ1) is 13.1. The lowest BCUT2D eigenvalue weighted by molar-refractivity contribution is 0.280. The van der Waals surface area contributed by atoms with Gasteiger partial charge in [-0.3, -0.25) is 9.67 Å². The molecule has 0 radical (unpaired) electrons. The van der Waals surface area contributed by atoms with Crippen molar-refractivity contribution in [3.8, 4) is 0 Å². The van der Waals surface area contributed by atoms with Crippen molar-refractivity contribution >= 4 is 40.0 Å². The van der Waals surface area contributed by atoms with Crippen molar-refractivity contribution in [3.05, 3.63) is 17.0 Å². The van der Waals surface area contributed by atoms with Crippen LogP contribution < -0.4 is 10.6 Å². The van der Waals surface area contributed by atoms with Gasteiger partial charge in [0.15, 0.2) is 5.96 Å². The third kappa shape index (κ3) is 7.71. The number of guanidine groups is 1.